The van der Waals surface area contributed by atoms with Crippen LogP contribution in [0.4, 0.5) is 0 Å². The highest BCUT2D eigenvalue weighted by atomic mass is 16.5. The topological polar surface area (TPSA) is 91.4 Å². The number of aromatic nitrogens is 1. The smallest absolute Gasteiger partial charge is 0.248 e. The van der Waals surface area contributed by atoms with Crippen LogP contribution in [0.2, 0.25) is 0 Å². The van der Waals surface area contributed by atoms with Crippen LogP contribution in [0.1, 0.15) is 23.8 Å². The van der Waals surface area contributed by atoms with E-state index in [9.17, 15) is 14.7 Å². The molecule has 1 aromatic carbocycles. The molecule has 23 heavy (non-hydrogen) atoms. The van der Waals surface area contributed by atoms with Crippen LogP contribution in [-0.2, 0) is 11.2 Å². The molecule has 0 radical (unpaired) electrons. The zero-order chi connectivity index (χ0) is 16.7. The van der Waals surface area contributed by atoms with Gasteiger partial charge in [-0.1, -0.05) is 18.2 Å². The average Bonchev–Trinajstić information content (AvgIpc) is 2.58. The second-order valence-electron chi connectivity index (χ2n) is 5.14. The Morgan fingerprint density at radius 2 is 2.09 bits per heavy atom. The molecule has 6 heteroatoms. The Bertz CT molecular complexity index is 711. The highest BCUT2D eigenvalue weighted by molar-refractivity contribution is 5.76. The summed E-state index contributed by atoms with van der Waals surface area (Å²) in [5.74, 6) is 0.594. The maximum Gasteiger partial charge on any atom is 0.248 e. The number of carbonyl (C=O) groups is 1. The zero-order valence-electron chi connectivity index (χ0n) is 12.9. The summed E-state index contributed by atoms with van der Waals surface area (Å²) in [5, 5.41) is 12.6. The van der Waals surface area contributed by atoms with E-state index in [0.29, 0.717) is 18.5 Å². The van der Waals surface area contributed by atoms with Crippen molar-refractivity contribution in [3.8, 4) is 5.75 Å². The molecule has 3 N–H and O–H groups in total. The standard InChI is InChI=1S/C17H20N2O4/c1-23-13-5-2-4-12(10-13)8-9-16(21)18-11-15(20)14-6-3-7-17(22)19-14/h2-7,10,15,20H,8-9,11H2,1H3,(H,18,21)(H,19,22). The van der Waals surface area contributed by atoms with Crippen LogP contribution in [0.5, 0.6) is 5.75 Å². The van der Waals surface area contributed by atoms with Crippen molar-refractivity contribution in [2.45, 2.75) is 18.9 Å². The zero-order valence-corrected chi connectivity index (χ0v) is 12.9. The monoisotopic (exact) mass is 316 g/mol. The molecule has 0 fully saturated rings. The van der Waals surface area contributed by atoms with E-state index in [1.807, 2.05) is 24.3 Å². The van der Waals surface area contributed by atoms with Gasteiger partial charge in [-0.25, -0.2) is 0 Å². The van der Waals surface area contributed by atoms with Gasteiger partial charge in [-0.2, -0.15) is 0 Å². The van der Waals surface area contributed by atoms with Crippen LogP contribution < -0.4 is 15.6 Å². The number of aliphatic hydroxyl groups excluding tert-OH is 1. The Kier molecular flexibility index (Phi) is 5.94. The molecule has 0 bridgehead atoms. The fraction of sp³-hybridized carbons (Fsp3) is 0.294. The van der Waals surface area contributed by atoms with Gasteiger partial charge in [-0.05, 0) is 30.2 Å². The number of ether oxygens (including phenoxy) is 1. The Labute approximate surface area is 134 Å². The van der Waals surface area contributed by atoms with Crippen molar-refractivity contribution in [3.05, 3.63) is 64.1 Å². The van der Waals surface area contributed by atoms with Gasteiger partial charge in [0.25, 0.3) is 0 Å². The van der Waals surface area contributed by atoms with Crippen molar-refractivity contribution in [2.75, 3.05) is 13.7 Å². The van der Waals surface area contributed by atoms with Gasteiger partial charge in [0.2, 0.25) is 11.5 Å². The Morgan fingerprint density at radius 3 is 2.83 bits per heavy atom. The molecular weight excluding hydrogens is 296 g/mol. The molecular formula is C17H20N2O4. The number of amides is 1. The highest BCUT2D eigenvalue weighted by Gasteiger charge is 2.10. The fourth-order valence-corrected chi connectivity index (χ4v) is 2.15. The van der Waals surface area contributed by atoms with Crippen molar-refractivity contribution in [3.63, 3.8) is 0 Å². The maximum atomic E-state index is 11.8. The first kappa shape index (κ1) is 16.8. The summed E-state index contributed by atoms with van der Waals surface area (Å²) in [6.45, 7) is 0.0525. The summed E-state index contributed by atoms with van der Waals surface area (Å²) >= 11 is 0. The van der Waals surface area contributed by atoms with Gasteiger partial charge in [0.15, 0.2) is 0 Å². The predicted octanol–water partition coefficient (Wildman–Crippen LogP) is 1.17. The average molecular weight is 316 g/mol. The number of nitrogens with one attached hydrogen (secondary N) is 2. The van der Waals surface area contributed by atoms with E-state index < -0.39 is 6.10 Å². The molecule has 1 atom stereocenters. The van der Waals surface area contributed by atoms with Crippen LogP contribution in [0.25, 0.3) is 0 Å². The number of aliphatic hydroxyl groups is 1. The second-order valence-corrected chi connectivity index (χ2v) is 5.14. The van der Waals surface area contributed by atoms with Crippen LogP contribution in [0, 0.1) is 0 Å². The van der Waals surface area contributed by atoms with Gasteiger partial charge in [0.05, 0.1) is 7.11 Å². The molecule has 1 amide bonds. The number of carbonyl (C=O) groups excluding carboxylic acids is 1. The van der Waals surface area contributed by atoms with E-state index in [4.69, 9.17) is 4.74 Å². The van der Waals surface area contributed by atoms with E-state index in [-0.39, 0.29) is 18.0 Å². The SMILES string of the molecule is COc1cccc(CCC(=O)NCC(O)c2cccc(=O)[nH]2)c1. The number of aryl methyl sites for hydroxylation is 1. The highest BCUT2D eigenvalue weighted by Crippen LogP contribution is 2.14. The normalized spacial score (nSPS) is 11.7. The number of methoxy groups -OCH3 is 1. The molecule has 1 unspecified atom stereocenters. The molecule has 2 rings (SSSR count). The lowest BCUT2D eigenvalue weighted by Gasteiger charge is -2.12. The number of hydrogen-bond acceptors (Lipinski definition) is 4. The Hall–Kier alpha value is -2.60. The van der Waals surface area contributed by atoms with Gasteiger partial charge in [-0.3, -0.25) is 9.59 Å². The third-order valence-corrected chi connectivity index (χ3v) is 3.42. The first-order chi connectivity index (χ1) is 11.1. The summed E-state index contributed by atoms with van der Waals surface area (Å²) in [7, 11) is 1.60. The van der Waals surface area contributed by atoms with Crippen molar-refractivity contribution < 1.29 is 14.6 Å². The summed E-state index contributed by atoms with van der Waals surface area (Å²) < 4.78 is 5.14. The van der Waals surface area contributed by atoms with Gasteiger partial charge < -0.3 is 20.1 Å². The van der Waals surface area contributed by atoms with Gasteiger partial charge >= 0.3 is 0 Å². The lowest BCUT2D eigenvalue weighted by atomic mass is 10.1. The molecule has 0 aliphatic carbocycles. The minimum atomic E-state index is -0.940. The maximum absolute atomic E-state index is 11.8. The molecule has 2 aromatic rings. The third-order valence-electron chi connectivity index (χ3n) is 3.42. The van der Waals surface area contributed by atoms with Gasteiger partial charge in [0, 0.05) is 24.7 Å². The van der Waals surface area contributed by atoms with Crippen LogP contribution in [-0.4, -0.2) is 29.7 Å². The second kappa shape index (κ2) is 8.14. The van der Waals surface area contributed by atoms with Gasteiger partial charge in [0.1, 0.15) is 11.9 Å². The molecule has 0 spiro atoms. The first-order valence-corrected chi connectivity index (χ1v) is 7.35. The summed E-state index contributed by atoms with van der Waals surface area (Å²) in [6.07, 6.45) is -0.0448. The molecule has 122 valence electrons. The van der Waals surface area contributed by atoms with Gasteiger partial charge in [-0.15, -0.1) is 0 Å². The Balaban J connectivity index is 1.79. The van der Waals surface area contributed by atoms with E-state index >= 15 is 0 Å². The fourth-order valence-electron chi connectivity index (χ4n) is 2.15. The molecule has 1 heterocycles. The molecule has 6 nitrogen and oxygen atoms in total. The number of aromatic amines is 1. The number of hydrogen-bond donors (Lipinski definition) is 3. The van der Waals surface area contributed by atoms with E-state index in [0.717, 1.165) is 11.3 Å². The molecule has 1 aromatic heterocycles. The third kappa shape index (κ3) is 5.27. The predicted molar refractivity (Wildman–Crippen MR) is 86.3 cm³/mol. The molecule has 0 aliphatic heterocycles. The number of rotatable bonds is 7. The summed E-state index contributed by atoms with van der Waals surface area (Å²) in [6, 6.07) is 12.1. The minimum absolute atomic E-state index is 0.0525. The summed E-state index contributed by atoms with van der Waals surface area (Å²) in [5.41, 5.74) is 1.10. The minimum Gasteiger partial charge on any atom is -0.497 e. The number of benzene rings is 1. The summed E-state index contributed by atoms with van der Waals surface area (Å²) in [4.78, 5) is 25.6. The largest absolute Gasteiger partial charge is 0.497 e. The van der Waals surface area contributed by atoms with Crippen LogP contribution in [0.3, 0.4) is 0 Å². The van der Waals surface area contributed by atoms with E-state index in [2.05, 4.69) is 10.3 Å². The number of pyridine rings is 1. The lowest BCUT2D eigenvalue weighted by molar-refractivity contribution is -0.121. The molecule has 0 saturated heterocycles. The Morgan fingerprint density at radius 1 is 1.30 bits per heavy atom. The van der Waals surface area contributed by atoms with Crippen LogP contribution >= 0.6 is 0 Å². The van der Waals surface area contributed by atoms with Crippen molar-refractivity contribution in [1.82, 2.24) is 10.3 Å². The molecule has 0 saturated carbocycles. The van der Waals surface area contributed by atoms with Crippen molar-refractivity contribution in [1.29, 1.82) is 0 Å². The number of H-pyrrole nitrogens is 1. The van der Waals surface area contributed by atoms with E-state index in [1.165, 1.54) is 6.07 Å². The lowest BCUT2D eigenvalue weighted by Crippen LogP contribution is -2.29. The van der Waals surface area contributed by atoms with E-state index in [1.54, 1.807) is 19.2 Å². The van der Waals surface area contributed by atoms with Crippen molar-refractivity contribution in [2.24, 2.45) is 0 Å². The first-order valence-electron chi connectivity index (χ1n) is 7.35. The molecule has 0 aliphatic rings. The van der Waals surface area contributed by atoms with Crippen LogP contribution in [0.15, 0.2) is 47.3 Å². The van der Waals surface area contributed by atoms with Crippen molar-refractivity contribution >= 4 is 5.91 Å². The quantitative estimate of drug-likeness (QED) is 0.715.